The van der Waals surface area contributed by atoms with Gasteiger partial charge in [0.2, 0.25) is 23.6 Å². The molecule has 8 rings (SSSR count). The number of carbonyl (C=O) groups is 8. The van der Waals surface area contributed by atoms with Gasteiger partial charge in [0.25, 0.3) is 11.8 Å². The van der Waals surface area contributed by atoms with Crippen LogP contribution >= 0.6 is 15.9 Å². The van der Waals surface area contributed by atoms with Crippen molar-refractivity contribution >= 4 is 91.2 Å². The van der Waals surface area contributed by atoms with E-state index in [2.05, 4.69) is 59.6 Å². The van der Waals surface area contributed by atoms with Crippen LogP contribution in [0.2, 0.25) is 0 Å². The topological polar surface area (TPSA) is 322 Å². The Morgan fingerprint density at radius 2 is 1.01 bits per heavy atom. The van der Waals surface area contributed by atoms with Crippen LogP contribution in [0.4, 0.5) is 0 Å². The van der Waals surface area contributed by atoms with Gasteiger partial charge >= 0.3 is 11.9 Å². The summed E-state index contributed by atoms with van der Waals surface area (Å²) in [5.74, 6) is -4.11. The van der Waals surface area contributed by atoms with Gasteiger partial charge in [0.05, 0.1) is 45.3 Å². The molecule has 4 fully saturated rings. The van der Waals surface area contributed by atoms with Gasteiger partial charge in [-0.3, -0.25) is 58.3 Å². The summed E-state index contributed by atoms with van der Waals surface area (Å²) in [4.78, 5) is 108. The van der Waals surface area contributed by atoms with Crippen molar-refractivity contribution in [2.75, 3.05) is 13.1 Å². The van der Waals surface area contributed by atoms with Crippen LogP contribution in [0.25, 0.3) is 27.9 Å². The molecule has 0 spiro atoms. The number of aromatic nitrogens is 2. The zero-order valence-corrected chi connectivity index (χ0v) is 51.3. The fourth-order valence-corrected chi connectivity index (χ4v) is 9.83. The molecule has 2 aromatic carbocycles. The van der Waals surface area contributed by atoms with Crippen LogP contribution in [0.3, 0.4) is 0 Å². The van der Waals surface area contributed by atoms with Crippen LogP contribution in [-0.2, 0) is 38.4 Å². The number of hydrogen-bond acceptors (Lipinski definition) is 14. The largest absolute Gasteiger partial charge is 0.481 e. The Morgan fingerprint density at radius 1 is 0.600 bits per heavy atom. The van der Waals surface area contributed by atoms with E-state index in [0.717, 1.165) is 76.1 Å². The second-order valence-corrected chi connectivity index (χ2v) is 24.6. The monoisotopic (exact) mass is 1240 g/mol. The summed E-state index contributed by atoms with van der Waals surface area (Å²) in [5, 5.41) is 53.9. The van der Waals surface area contributed by atoms with E-state index in [0.29, 0.717) is 44.5 Å². The van der Waals surface area contributed by atoms with Crippen LogP contribution in [0.5, 0.6) is 0 Å². The summed E-state index contributed by atoms with van der Waals surface area (Å²) in [5.41, 5.74) is 8.00. The van der Waals surface area contributed by atoms with Gasteiger partial charge in [-0.05, 0) is 154 Å². The van der Waals surface area contributed by atoms with E-state index >= 15 is 0 Å². The molecule has 2 aliphatic carbocycles. The first-order chi connectivity index (χ1) is 40.1. The second-order valence-electron chi connectivity index (χ2n) is 23.7. The molecule has 8 atom stereocenters. The summed E-state index contributed by atoms with van der Waals surface area (Å²) in [6.07, 6.45) is 10.3. The minimum absolute atomic E-state index is 0.0286. The number of carbonyl (C=O) groups excluding carboxylic acids is 6. The number of benzene rings is 2. The highest BCUT2D eigenvalue weighted by Crippen LogP contribution is 2.31. The Balaban J connectivity index is 0.000000244. The highest BCUT2D eigenvalue weighted by Gasteiger charge is 2.37. The molecule has 10 N–H and O–H groups in total. The van der Waals surface area contributed by atoms with Crippen molar-refractivity contribution in [1.82, 2.24) is 52.1 Å². The lowest BCUT2D eigenvalue weighted by Crippen LogP contribution is -2.61. The zero-order chi connectivity index (χ0) is 62.5. The van der Waals surface area contributed by atoms with Gasteiger partial charge < -0.3 is 41.7 Å². The van der Waals surface area contributed by atoms with E-state index < -0.39 is 77.0 Å². The first-order valence-electron chi connectivity index (χ1n) is 29.1. The molecule has 22 nitrogen and oxygen atoms in total. The van der Waals surface area contributed by atoms with Gasteiger partial charge in [0.1, 0.15) is 36.4 Å². The van der Waals surface area contributed by atoms with Gasteiger partial charge in [0.15, 0.2) is 0 Å². The normalized spacial score (nSPS) is 19.6. The number of hydrogen-bond donors (Lipinski definition) is 10. The molecule has 23 heteroatoms. The molecule has 85 heavy (non-hydrogen) atoms. The second kappa shape index (κ2) is 29.8. The number of aliphatic carboxylic acids is 2. The molecule has 4 aliphatic rings. The van der Waals surface area contributed by atoms with Crippen LogP contribution in [-0.4, -0.2) is 137 Å². The summed E-state index contributed by atoms with van der Waals surface area (Å²) in [6.45, 7) is 17.5. The molecular weight excluding hydrogens is 1160 g/mol. The number of nitrogens with one attached hydrogen (secondary N) is 6. The maximum Gasteiger partial charge on any atom is 0.312 e. The Kier molecular flexibility index (Phi) is 23.4. The van der Waals surface area contributed by atoms with E-state index in [1.54, 1.807) is 53.7 Å². The van der Waals surface area contributed by atoms with Gasteiger partial charge in [-0.25, -0.2) is 10.9 Å². The summed E-state index contributed by atoms with van der Waals surface area (Å²) in [7, 11) is 0. The highest BCUT2D eigenvalue weighted by molar-refractivity contribution is 9.10. The molecule has 2 saturated carbocycles. The Labute approximate surface area is 504 Å². The first-order valence-corrected chi connectivity index (χ1v) is 29.9. The molecular formula is C62H83BrN10O12. The molecule has 460 valence electrons. The van der Waals surface area contributed by atoms with Crippen molar-refractivity contribution in [1.29, 1.82) is 0 Å². The maximum atomic E-state index is 13.2. The maximum absolute atomic E-state index is 13.2. The average molecular weight is 1240 g/mol. The number of aliphatic hydroxyl groups is 2. The predicted octanol–water partition coefficient (Wildman–Crippen LogP) is 6.32. The third-order valence-electron chi connectivity index (χ3n) is 16.0. The zero-order valence-electron chi connectivity index (χ0n) is 49.7. The van der Waals surface area contributed by atoms with E-state index in [1.165, 1.54) is 16.1 Å². The third-order valence-corrected chi connectivity index (χ3v) is 16.5. The molecule has 2 aliphatic heterocycles. The molecule has 0 unspecified atom stereocenters. The van der Waals surface area contributed by atoms with Crippen LogP contribution in [0.1, 0.15) is 149 Å². The summed E-state index contributed by atoms with van der Waals surface area (Å²) in [6, 6.07) is 15.6. The number of hydrazine groups is 2. The molecule has 0 radical (unpaired) electrons. The average Bonchev–Trinajstić information content (AvgIpc) is 3.10. The summed E-state index contributed by atoms with van der Waals surface area (Å²) >= 11 is 3.46. The number of nitrogens with zero attached hydrogens (tertiary/aromatic N) is 4. The molecule has 4 heterocycles. The number of halogens is 1. The number of carboxylic acid groups (broad SMARTS) is 2. The molecule has 4 aromatic rings. The van der Waals surface area contributed by atoms with Crippen LogP contribution in [0.15, 0.2) is 83.9 Å². The standard InChI is InChI=1S/C31H41N5O6.C25H32BrN5O4.C6H10O2/c1-18(23-13-12-21-11-10-20(17-25(21)34-23)14-15-31(3,4)30(41)42)32-27(38)24-9-6-16-36(35-24)29(40)19(2)33-28(39)26(37)22-7-5-8-22;1-14(19-11-9-16-8-10-18(26)13-21(16)29-19)27-23(33)20-7-4-12-31(30-20)25(35)15(2)28-24(34)22(32)17-5-3-6-17;1-4-6(2,3)5(7)8/h10-15,17-19,22,24,26,35,37H,5-9,16H2,1-4H3,(H,32,38)(H,33,39)(H,41,42);8-11,13-15,17,20,22,30,32H,3-7,12H2,1-2H3,(H,27,33)(H,28,34);4H,1H2,2-3H3,(H,7,8)/b15-14+;;/t18-,19+,24+,26+;14-,15+,20+,22+;/m11./s1. The molecule has 2 saturated heterocycles. The van der Waals surface area contributed by atoms with Gasteiger partial charge in [-0.2, -0.15) is 0 Å². The lowest BCUT2D eigenvalue weighted by atomic mass is 9.81. The molecule has 0 bridgehead atoms. The van der Waals surface area contributed by atoms with Crippen molar-refractivity contribution in [2.24, 2.45) is 22.7 Å². The minimum atomic E-state index is -1.11. The SMILES string of the molecule is C=CC(C)(C)C(=O)O.C[C@H](NC(=O)[C@@H](O)C1CCC1)C(=O)N1CCC[C@@H](C(=O)N[C@H](C)c2ccc3ccc(/C=C/C(C)(C)C(=O)O)cc3n2)N1.C[C@H](NC(=O)[C@@H](O)C1CCC1)C(=O)N1CCC[C@@H](C(=O)N[C@H](C)c2ccc3ccc(Br)cc3n2)N1. The lowest BCUT2D eigenvalue weighted by molar-refractivity contribution is -0.145. The number of rotatable bonds is 19. The lowest BCUT2D eigenvalue weighted by Gasteiger charge is -2.35. The highest BCUT2D eigenvalue weighted by atomic mass is 79.9. The van der Waals surface area contributed by atoms with E-state index in [9.17, 15) is 53.7 Å². The smallest absolute Gasteiger partial charge is 0.312 e. The fraction of sp³-hybridized carbons (Fsp3) is 0.516. The van der Waals surface area contributed by atoms with Crippen molar-refractivity contribution in [2.45, 2.75) is 168 Å². The van der Waals surface area contributed by atoms with E-state index in [1.807, 2.05) is 74.5 Å². The van der Waals surface area contributed by atoms with Crippen molar-refractivity contribution < 1.29 is 58.8 Å². The van der Waals surface area contributed by atoms with Gasteiger partial charge in [-0.15, -0.1) is 6.58 Å². The summed E-state index contributed by atoms with van der Waals surface area (Å²) < 4.78 is 0.936. The number of pyridine rings is 2. The number of carboxylic acids is 2. The quantitative estimate of drug-likeness (QED) is 0.0460. The van der Waals surface area contributed by atoms with E-state index in [4.69, 9.17) is 10.1 Å². The number of aliphatic hydroxyl groups excluding tert-OH is 2. The van der Waals surface area contributed by atoms with Gasteiger partial charge in [0, 0.05) is 28.3 Å². The Bertz CT molecular complexity index is 3130. The van der Waals surface area contributed by atoms with Crippen LogP contribution in [0, 0.1) is 22.7 Å². The van der Waals surface area contributed by atoms with Crippen molar-refractivity contribution in [3.8, 4) is 0 Å². The Hall–Kier alpha value is -7.18. The molecule has 6 amide bonds. The first kappa shape index (κ1) is 67.0. The molecule has 2 aromatic heterocycles. The minimum Gasteiger partial charge on any atom is -0.481 e. The van der Waals surface area contributed by atoms with Crippen molar-refractivity contribution in [3.63, 3.8) is 0 Å². The third kappa shape index (κ3) is 18.2. The fourth-order valence-electron chi connectivity index (χ4n) is 9.48. The Morgan fingerprint density at radius 3 is 1.40 bits per heavy atom. The van der Waals surface area contributed by atoms with Crippen molar-refractivity contribution in [3.05, 3.63) is 101 Å². The van der Waals surface area contributed by atoms with Gasteiger partial charge in [-0.1, -0.05) is 77.3 Å². The number of fused-ring (bicyclic) bond motifs is 2. The van der Waals surface area contributed by atoms with E-state index in [-0.39, 0.29) is 41.5 Å². The predicted molar refractivity (Wildman–Crippen MR) is 324 cm³/mol. The number of amides is 6. The van der Waals surface area contributed by atoms with Crippen LogP contribution < -0.4 is 32.1 Å².